The van der Waals surface area contributed by atoms with Crippen molar-refractivity contribution in [1.29, 1.82) is 0 Å². The topological polar surface area (TPSA) is 141 Å². The van der Waals surface area contributed by atoms with Crippen LogP contribution in [0.1, 0.15) is 6.42 Å². The van der Waals surface area contributed by atoms with Crippen LogP contribution in [0.4, 0.5) is 0 Å². The monoisotopic (exact) mass is 354 g/mol. The van der Waals surface area contributed by atoms with Gasteiger partial charge in [-0.15, -0.1) is 0 Å². The van der Waals surface area contributed by atoms with Crippen LogP contribution in [0.2, 0.25) is 0 Å². The summed E-state index contributed by atoms with van der Waals surface area (Å²) in [4.78, 5) is 21.1. The third-order valence-corrected chi connectivity index (χ3v) is 3.15. The Morgan fingerprint density at radius 1 is 1.30 bits per heavy atom. The van der Waals surface area contributed by atoms with E-state index in [-0.39, 0.29) is 36.2 Å². The Bertz CT molecular complexity index is 600. The molecule has 10 heteroatoms. The van der Waals surface area contributed by atoms with Crippen LogP contribution in [0.15, 0.2) is 43.0 Å². The summed E-state index contributed by atoms with van der Waals surface area (Å²) in [5.41, 5.74) is 0. The number of phenolic OH excluding ortho intramolecular Hbond substituents is 1. The largest absolute Gasteiger partial charge is 1.00 e. The van der Waals surface area contributed by atoms with Gasteiger partial charge in [0.25, 0.3) is 10.1 Å². The number of phenols is 1. The van der Waals surface area contributed by atoms with E-state index in [0.717, 1.165) is 6.08 Å². The van der Waals surface area contributed by atoms with Crippen LogP contribution >= 0.6 is 0 Å². The summed E-state index contributed by atoms with van der Waals surface area (Å²) in [6, 6.07) is 8.71. The van der Waals surface area contributed by atoms with Crippen LogP contribution in [0.3, 0.4) is 0 Å². The third kappa shape index (κ3) is 11.8. The number of carbonyl (C=O) groups is 2. The molecule has 0 bridgehead atoms. The molecule has 0 saturated heterocycles. The minimum absolute atomic E-state index is 0. The fraction of sp³-hybridized carbons (Fsp3) is 0.231. The number of hydrogen-bond acceptors (Lipinski definition) is 7. The second-order valence-corrected chi connectivity index (χ2v) is 5.43. The number of ether oxygens (including phenoxy) is 1. The quantitative estimate of drug-likeness (QED) is 0.232. The number of carboxylic acid groups (broad SMARTS) is 1. The Morgan fingerprint density at radius 2 is 1.83 bits per heavy atom. The zero-order valence-corrected chi connectivity index (χ0v) is 15.2. The molecular weight excluding hydrogens is 339 g/mol. The first-order chi connectivity index (χ1) is 10.2. The van der Waals surface area contributed by atoms with E-state index < -0.39 is 33.7 Å². The summed E-state index contributed by atoms with van der Waals surface area (Å²) in [5.74, 6) is -2.82. The fourth-order valence-electron chi connectivity index (χ4n) is 1.12. The molecule has 23 heavy (non-hydrogen) atoms. The van der Waals surface area contributed by atoms with Crippen LogP contribution < -0.4 is 34.7 Å². The number of hydrogen-bond donors (Lipinski definition) is 2. The van der Waals surface area contributed by atoms with Gasteiger partial charge in [0.15, 0.2) is 5.25 Å². The molecule has 1 aromatic rings. The van der Waals surface area contributed by atoms with Crippen LogP contribution in [-0.4, -0.2) is 41.9 Å². The number of aliphatic carboxylic acids is 1. The molecule has 0 fully saturated rings. The van der Waals surface area contributed by atoms with Gasteiger partial charge in [0, 0.05) is 12.4 Å². The Labute approximate surface area is 155 Å². The predicted octanol–water partition coefficient (Wildman–Crippen LogP) is -3.49. The molecule has 0 radical (unpaired) electrons. The van der Waals surface area contributed by atoms with Gasteiger partial charge in [0.05, 0.1) is 0 Å². The summed E-state index contributed by atoms with van der Waals surface area (Å²) in [5, 5.41) is 16.6. The van der Waals surface area contributed by atoms with E-state index in [1.165, 1.54) is 0 Å². The van der Waals surface area contributed by atoms with Gasteiger partial charge in [-0.1, -0.05) is 30.9 Å². The number of rotatable bonds is 6. The normalized spacial score (nSPS) is 11.0. The number of carbonyl (C=O) groups excluding carboxylic acids is 2. The average molecular weight is 354 g/mol. The van der Waals surface area contributed by atoms with Gasteiger partial charge in [-0.2, -0.15) is 8.42 Å². The number of aromatic hydroxyl groups is 1. The van der Waals surface area contributed by atoms with Crippen molar-refractivity contribution < 1.29 is 67.1 Å². The van der Waals surface area contributed by atoms with Gasteiger partial charge >= 0.3 is 35.5 Å². The Kier molecular flexibility index (Phi) is 12.5. The zero-order valence-electron chi connectivity index (χ0n) is 12.4. The summed E-state index contributed by atoms with van der Waals surface area (Å²) in [7, 11) is -4.82. The van der Waals surface area contributed by atoms with Gasteiger partial charge in [-0.05, 0) is 12.1 Å². The molecule has 0 saturated carbocycles. The second-order valence-electron chi connectivity index (χ2n) is 3.83. The van der Waals surface area contributed by atoms with Crippen LogP contribution in [-0.2, 0) is 24.4 Å². The second kappa shape index (κ2) is 12.1. The van der Waals surface area contributed by atoms with Gasteiger partial charge in [-0.25, -0.2) is 0 Å². The maximum absolute atomic E-state index is 11.0. The molecule has 0 aliphatic carbocycles. The fourth-order valence-corrected chi connectivity index (χ4v) is 1.78. The van der Waals surface area contributed by atoms with Crippen molar-refractivity contribution >= 4 is 22.1 Å². The van der Waals surface area contributed by atoms with E-state index in [0.29, 0.717) is 5.75 Å². The molecule has 0 aromatic heterocycles. The van der Waals surface area contributed by atoms with Crippen LogP contribution in [0, 0.1) is 0 Å². The predicted molar refractivity (Wildman–Crippen MR) is 74.2 cm³/mol. The summed E-state index contributed by atoms with van der Waals surface area (Å²) in [6.45, 7) is 2.92. The first kappa shape index (κ1) is 23.9. The Hall–Kier alpha value is -1.39. The number of esters is 1. The molecule has 1 unspecified atom stereocenters. The van der Waals surface area contributed by atoms with Gasteiger partial charge < -0.3 is 19.7 Å². The first-order valence-corrected chi connectivity index (χ1v) is 7.36. The third-order valence-electron chi connectivity index (χ3n) is 2.07. The molecule has 0 spiro atoms. The average Bonchev–Trinajstić information content (AvgIpc) is 2.42. The molecule has 1 atom stereocenters. The van der Waals surface area contributed by atoms with Crippen molar-refractivity contribution in [2.75, 3.05) is 6.61 Å². The minimum Gasteiger partial charge on any atom is -0.550 e. The summed E-state index contributed by atoms with van der Waals surface area (Å²) in [6.07, 6.45) is 0.00673. The van der Waals surface area contributed by atoms with Gasteiger partial charge in [0.1, 0.15) is 12.4 Å². The van der Waals surface area contributed by atoms with Gasteiger partial charge in [-0.3, -0.25) is 9.35 Å². The number of para-hydroxylation sites is 1. The Balaban J connectivity index is 0. The van der Waals surface area contributed by atoms with Crippen molar-refractivity contribution in [3.8, 4) is 5.75 Å². The standard InChI is InChI=1S/C7H10O7S.C6H6O.Na/c1-2-3-14-7(10)5(4-6(8)9)15(11,12)13;7-6-4-2-1-3-5-6;/h2,5H,1,3-4H2,(H,8,9)(H,11,12,13);1-5,7H;/q;;+1/p-1. The van der Waals surface area contributed by atoms with E-state index >= 15 is 0 Å². The minimum atomic E-state index is -4.82. The van der Waals surface area contributed by atoms with E-state index in [1.54, 1.807) is 24.3 Å². The molecule has 2 N–H and O–H groups in total. The number of carboxylic acids is 1. The van der Waals surface area contributed by atoms with Crippen molar-refractivity contribution in [1.82, 2.24) is 0 Å². The van der Waals surface area contributed by atoms with E-state index in [4.69, 9.17) is 9.66 Å². The van der Waals surface area contributed by atoms with E-state index in [1.807, 2.05) is 6.07 Å². The van der Waals surface area contributed by atoms with Crippen molar-refractivity contribution in [3.05, 3.63) is 43.0 Å². The molecular formula is C13H15NaO8S. The Morgan fingerprint density at radius 3 is 2.13 bits per heavy atom. The van der Waals surface area contributed by atoms with Crippen molar-refractivity contribution in [2.24, 2.45) is 0 Å². The smallest absolute Gasteiger partial charge is 0.550 e. The maximum Gasteiger partial charge on any atom is 1.00 e. The summed E-state index contributed by atoms with van der Waals surface area (Å²) >= 11 is 0. The SMILES string of the molecule is C=CCOC(=O)C(CC(=O)[O-])S(=O)(=O)O.Oc1ccccc1.[Na+]. The van der Waals surface area contributed by atoms with Crippen molar-refractivity contribution in [3.63, 3.8) is 0 Å². The van der Waals surface area contributed by atoms with Crippen LogP contribution in [0.25, 0.3) is 0 Å². The van der Waals surface area contributed by atoms with Crippen molar-refractivity contribution in [2.45, 2.75) is 11.7 Å². The van der Waals surface area contributed by atoms with E-state index in [9.17, 15) is 23.1 Å². The summed E-state index contributed by atoms with van der Waals surface area (Å²) < 4.78 is 34.1. The maximum atomic E-state index is 11.0. The van der Waals surface area contributed by atoms with Crippen LogP contribution in [0.5, 0.6) is 5.75 Å². The number of benzene rings is 1. The molecule has 1 aromatic carbocycles. The molecule has 0 heterocycles. The first-order valence-electron chi connectivity index (χ1n) is 5.86. The molecule has 122 valence electrons. The molecule has 0 amide bonds. The zero-order chi connectivity index (χ0) is 17.2. The molecule has 8 nitrogen and oxygen atoms in total. The van der Waals surface area contributed by atoms with Gasteiger partial charge in [0.2, 0.25) is 0 Å². The van der Waals surface area contributed by atoms with E-state index in [2.05, 4.69) is 11.3 Å². The molecule has 0 aliphatic heterocycles. The molecule has 1 rings (SSSR count). The molecule has 0 aliphatic rings.